The van der Waals surface area contributed by atoms with Gasteiger partial charge in [-0.1, -0.05) is 12.1 Å². The SMILES string of the molecule is CCc1nc(CN2CCC[C@@H]([C@@]3(C)NC(=O)N(C)C3=O)C2)no1. The Morgan fingerprint density at radius 2 is 2.22 bits per heavy atom. The minimum atomic E-state index is -0.823. The molecule has 126 valence electrons. The normalized spacial score (nSPS) is 29.2. The lowest BCUT2D eigenvalue weighted by molar-refractivity contribution is -0.132. The van der Waals surface area contributed by atoms with Crippen molar-refractivity contribution in [2.24, 2.45) is 5.92 Å². The predicted molar refractivity (Wildman–Crippen MR) is 81.4 cm³/mol. The van der Waals surface area contributed by atoms with E-state index in [1.165, 1.54) is 11.9 Å². The number of carbonyl (C=O) groups excluding carboxylic acids is 2. The Kier molecular flexibility index (Phi) is 4.09. The summed E-state index contributed by atoms with van der Waals surface area (Å²) in [5, 5.41) is 6.85. The molecule has 3 heterocycles. The number of likely N-dealkylation sites (N-methyl/N-ethyl adjacent to an activating group) is 1. The van der Waals surface area contributed by atoms with E-state index in [9.17, 15) is 9.59 Å². The van der Waals surface area contributed by atoms with E-state index in [1.54, 1.807) is 0 Å². The molecular weight excluding hydrogens is 298 g/mol. The summed E-state index contributed by atoms with van der Waals surface area (Å²) in [7, 11) is 1.52. The molecule has 1 aromatic heterocycles. The number of imide groups is 1. The second-order valence-corrected chi connectivity index (χ2v) is 6.53. The predicted octanol–water partition coefficient (Wildman–Crippen LogP) is 0.784. The average molecular weight is 321 g/mol. The number of likely N-dealkylation sites (tertiary alicyclic amines) is 1. The van der Waals surface area contributed by atoms with Crippen molar-refractivity contribution in [3.8, 4) is 0 Å². The average Bonchev–Trinajstić information content (AvgIpc) is 3.07. The zero-order valence-corrected chi connectivity index (χ0v) is 13.8. The zero-order valence-electron chi connectivity index (χ0n) is 13.8. The van der Waals surface area contributed by atoms with Crippen molar-refractivity contribution in [2.75, 3.05) is 20.1 Å². The Balaban J connectivity index is 1.68. The van der Waals surface area contributed by atoms with Gasteiger partial charge in [-0.3, -0.25) is 14.6 Å². The number of piperidine rings is 1. The highest BCUT2D eigenvalue weighted by molar-refractivity contribution is 6.06. The van der Waals surface area contributed by atoms with Crippen LogP contribution >= 0.6 is 0 Å². The highest BCUT2D eigenvalue weighted by atomic mass is 16.5. The molecule has 2 aliphatic rings. The standard InChI is InChI=1S/C15H23N5O3/c1-4-12-16-11(18-23-12)9-20-7-5-6-10(8-20)15(2)13(21)19(3)14(22)17-15/h10H,4-9H2,1-3H3,(H,17,22)/t10-,15-/m1/s1. The molecule has 2 saturated heterocycles. The quantitative estimate of drug-likeness (QED) is 0.824. The Bertz CT molecular complexity index is 616. The Labute approximate surface area is 135 Å². The molecule has 3 amide bonds. The topological polar surface area (TPSA) is 91.6 Å². The lowest BCUT2D eigenvalue weighted by atomic mass is 9.80. The van der Waals surface area contributed by atoms with Gasteiger partial charge < -0.3 is 9.84 Å². The summed E-state index contributed by atoms with van der Waals surface area (Å²) in [6.45, 7) is 6.06. The van der Waals surface area contributed by atoms with Gasteiger partial charge in [-0.15, -0.1) is 0 Å². The third-order valence-electron chi connectivity index (χ3n) is 4.92. The molecule has 2 fully saturated rings. The summed E-state index contributed by atoms with van der Waals surface area (Å²) in [5.74, 6) is 1.24. The number of nitrogens with zero attached hydrogens (tertiary/aromatic N) is 4. The van der Waals surface area contributed by atoms with Crippen LogP contribution in [0.2, 0.25) is 0 Å². The summed E-state index contributed by atoms with van der Waals surface area (Å²) in [6.07, 6.45) is 2.62. The number of aryl methyl sites for hydroxylation is 1. The van der Waals surface area contributed by atoms with Crippen LogP contribution in [-0.2, 0) is 17.8 Å². The van der Waals surface area contributed by atoms with Crippen LogP contribution in [0.25, 0.3) is 0 Å². The van der Waals surface area contributed by atoms with Gasteiger partial charge in [0.25, 0.3) is 5.91 Å². The van der Waals surface area contributed by atoms with Crippen molar-refractivity contribution in [1.29, 1.82) is 0 Å². The summed E-state index contributed by atoms with van der Waals surface area (Å²) < 4.78 is 5.14. The molecule has 23 heavy (non-hydrogen) atoms. The molecule has 0 bridgehead atoms. The second-order valence-electron chi connectivity index (χ2n) is 6.53. The molecule has 0 aliphatic carbocycles. The lowest BCUT2D eigenvalue weighted by Gasteiger charge is -2.39. The summed E-state index contributed by atoms with van der Waals surface area (Å²) >= 11 is 0. The smallest absolute Gasteiger partial charge is 0.324 e. The van der Waals surface area contributed by atoms with Gasteiger partial charge in [0, 0.05) is 25.9 Å². The molecule has 8 nitrogen and oxygen atoms in total. The number of urea groups is 1. The zero-order chi connectivity index (χ0) is 16.6. The van der Waals surface area contributed by atoms with Gasteiger partial charge >= 0.3 is 6.03 Å². The van der Waals surface area contributed by atoms with Gasteiger partial charge in [-0.25, -0.2) is 4.79 Å². The van der Waals surface area contributed by atoms with E-state index in [0.717, 1.165) is 32.4 Å². The number of amides is 3. The minimum Gasteiger partial charge on any atom is -0.339 e. The molecule has 2 atom stereocenters. The van der Waals surface area contributed by atoms with Crippen LogP contribution < -0.4 is 5.32 Å². The third kappa shape index (κ3) is 2.83. The fourth-order valence-electron chi connectivity index (χ4n) is 3.45. The van der Waals surface area contributed by atoms with E-state index < -0.39 is 5.54 Å². The van der Waals surface area contributed by atoms with Crippen molar-refractivity contribution in [2.45, 2.75) is 45.2 Å². The van der Waals surface area contributed by atoms with Crippen LogP contribution in [0.3, 0.4) is 0 Å². The van der Waals surface area contributed by atoms with Crippen LogP contribution in [0.5, 0.6) is 0 Å². The number of rotatable bonds is 4. The molecule has 0 aromatic carbocycles. The van der Waals surface area contributed by atoms with Gasteiger partial charge in [-0.05, 0) is 26.3 Å². The number of carbonyl (C=O) groups is 2. The molecule has 1 N–H and O–H groups in total. The summed E-state index contributed by atoms with van der Waals surface area (Å²) in [4.78, 5) is 32.0. The monoisotopic (exact) mass is 321 g/mol. The fraction of sp³-hybridized carbons (Fsp3) is 0.733. The van der Waals surface area contributed by atoms with Crippen molar-refractivity contribution < 1.29 is 14.1 Å². The van der Waals surface area contributed by atoms with Crippen molar-refractivity contribution >= 4 is 11.9 Å². The van der Waals surface area contributed by atoms with E-state index >= 15 is 0 Å². The van der Waals surface area contributed by atoms with Gasteiger partial charge in [-0.2, -0.15) is 4.98 Å². The van der Waals surface area contributed by atoms with Crippen molar-refractivity contribution in [3.05, 3.63) is 11.7 Å². The third-order valence-corrected chi connectivity index (χ3v) is 4.92. The molecular formula is C15H23N5O3. The lowest BCUT2D eigenvalue weighted by Crippen LogP contribution is -2.55. The highest BCUT2D eigenvalue weighted by Crippen LogP contribution is 2.32. The van der Waals surface area contributed by atoms with Gasteiger partial charge in [0.05, 0.1) is 6.54 Å². The maximum Gasteiger partial charge on any atom is 0.324 e. The number of hydrogen-bond acceptors (Lipinski definition) is 6. The first-order valence-electron chi connectivity index (χ1n) is 8.08. The molecule has 1 aromatic rings. The van der Waals surface area contributed by atoms with Crippen LogP contribution in [0, 0.1) is 5.92 Å². The van der Waals surface area contributed by atoms with Gasteiger partial charge in [0.15, 0.2) is 5.82 Å². The van der Waals surface area contributed by atoms with E-state index in [-0.39, 0.29) is 17.9 Å². The maximum absolute atomic E-state index is 12.4. The molecule has 8 heteroatoms. The Morgan fingerprint density at radius 3 is 2.83 bits per heavy atom. The maximum atomic E-state index is 12.4. The Morgan fingerprint density at radius 1 is 1.43 bits per heavy atom. The molecule has 3 rings (SSSR count). The molecule has 0 radical (unpaired) electrons. The first-order valence-corrected chi connectivity index (χ1v) is 8.08. The van der Waals surface area contributed by atoms with E-state index in [1.807, 2.05) is 13.8 Å². The summed E-state index contributed by atoms with van der Waals surface area (Å²) in [5.41, 5.74) is -0.823. The van der Waals surface area contributed by atoms with E-state index in [0.29, 0.717) is 18.3 Å². The fourth-order valence-corrected chi connectivity index (χ4v) is 3.45. The van der Waals surface area contributed by atoms with E-state index in [2.05, 4.69) is 20.4 Å². The van der Waals surface area contributed by atoms with Gasteiger partial charge in [0.1, 0.15) is 5.54 Å². The molecule has 0 spiro atoms. The minimum absolute atomic E-state index is 0.0789. The molecule has 0 unspecified atom stereocenters. The highest BCUT2D eigenvalue weighted by Gasteiger charge is 2.51. The van der Waals surface area contributed by atoms with Crippen LogP contribution in [0.4, 0.5) is 4.79 Å². The van der Waals surface area contributed by atoms with Crippen LogP contribution in [-0.4, -0.2) is 57.6 Å². The summed E-state index contributed by atoms with van der Waals surface area (Å²) in [6, 6.07) is -0.319. The van der Waals surface area contributed by atoms with Crippen LogP contribution in [0.15, 0.2) is 4.52 Å². The van der Waals surface area contributed by atoms with Gasteiger partial charge in [0.2, 0.25) is 5.89 Å². The van der Waals surface area contributed by atoms with Crippen LogP contribution in [0.1, 0.15) is 38.4 Å². The van der Waals surface area contributed by atoms with Crippen molar-refractivity contribution in [3.63, 3.8) is 0 Å². The first kappa shape index (κ1) is 15.9. The molecule has 2 aliphatic heterocycles. The number of hydrogen-bond donors (Lipinski definition) is 1. The largest absolute Gasteiger partial charge is 0.339 e. The number of aromatic nitrogens is 2. The van der Waals surface area contributed by atoms with E-state index in [4.69, 9.17) is 4.52 Å². The first-order chi connectivity index (χ1) is 10.9. The molecule has 0 saturated carbocycles. The Hall–Kier alpha value is -1.96. The van der Waals surface area contributed by atoms with Crippen molar-refractivity contribution in [1.82, 2.24) is 25.3 Å². The second kappa shape index (κ2) is 5.92. The number of nitrogens with one attached hydrogen (secondary N) is 1.